The van der Waals surface area contributed by atoms with Gasteiger partial charge >= 0.3 is 0 Å². The number of nitrogens with zero attached hydrogens (tertiary/aromatic N) is 2. The lowest BCUT2D eigenvalue weighted by Crippen LogP contribution is -1.97. The maximum Gasteiger partial charge on any atom is 0.275 e. The van der Waals surface area contributed by atoms with Crippen molar-refractivity contribution >= 4 is 23.1 Å². The molecular weight excluding hydrogens is 270 g/mol. The van der Waals surface area contributed by atoms with Crippen molar-refractivity contribution in [2.45, 2.75) is 0 Å². The molecule has 1 aromatic heterocycles. The monoisotopic (exact) mass is 279 g/mol. The summed E-state index contributed by atoms with van der Waals surface area (Å²) in [7, 11) is 1.49. The minimum atomic E-state index is -0.519. The van der Waals surface area contributed by atoms with Crippen LogP contribution in [0.15, 0.2) is 30.3 Å². The number of pyridine rings is 1. The molecule has 0 fully saturated rings. The van der Waals surface area contributed by atoms with Crippen LogP contribution in [-0.2, 0) is 0 Å². The fraction of sp³-hybridized carbons (Fsp3) is 0.0833. The van der Waals surface area contributed by atoms with Crippen LogP contribution < -0.4 is 10.5 Å². The minimum absolute atomic E-state index is 0.0816. The summed E-state index contributed by atoms with van der Waals surface area (Å²) in [5.74, 6) is 0.546. The zero-order valence-electron chi connectivity index (χ0n) is 9.96. The maximum absolute atomic E-state index is 10.8. The molecule has 2 N–H and O–H groups in total. The van der Waals surface area contributed by atoms with Gasteiger partial charge in [-0.2, -0.15) is 0 Å². The first-order valence-electron chi connectivity index (χ1n) is 5.27. The van der Waals surface area contributed by atoms with Crippen molar-refractivity contribution in [3.8, 4) is 17.0 Å². The first-order chi connectivity index (χ1) is 9.01. The van der Waals surface area contributed by atoms with Gasteiger partial charge in [-0.05, 0) is 12.1 Å². The third-order valence-corrected chi connectivity index (χ3v) is 2.80. The molecule has 0 saturated carbocycles. The van der Waals surface area contributed by atoms with E-state index in [2.05, 4.69) is 4.98 Å². The molecule has 98 valence electrons. The SMILES string of the molecule is COc1cc(-c2cc([N+](=O)[O-])cc(N)n2)ccc1Cl. The first-order valence-corrected chi connectivity index (χ1v) is 5.65. The fourth-order valence-electron chi connectivity index (χ4n) is 1.61. The molecule has 0 bridgehead atoms. The molecule has 0 aliphatic rings. The maximum atomic E-state index is 10.8. The Morgan fingerprint density at radius 2 is 2.11 bits per heavy atom. The zero-order chi connectivity index (χ0) is 14.0. The number of nitro groups is 1. The quantitative estimate of drug-likeness (QED) is 0.689. The Hall–Kier alpha value is -2.34. The molecule has 7 heteroatoms. The topological polar surface area (TPSA) is 91.3 Å². The van der Waals surface area contributed by atoms with Crippen LogP contribution in [-0.4, -0.2) is 17.0 Å². The molecular formula is C12H10ClN3O3. The normalized spacial score (nSPS) is 10.2. The van der Waals surface area contributed by atoms with Crippen molar-refractivity contribution in [1.82, 2.24) is 4.98 Å². The van der Waals surface area contributed by atoms with E-state index in [9.17, 15) is 10.1 Å². The van der Waals surface area contributed by atoms with E-state index in [0.29, 0.717) is 22.0 Å². The molecule has 0 aliphatic carbocycles. The third-order valence-electron chi connectivity index (χ3n) is 2.49. The van der Waals surface area contributed by atoms with Crippen molar-refractivity contribution < 1.29 is 9.66 Å². The molecule has 1 aromatic carbocycles. The summed E-state index contributed by atoms with van der Waals surface area (Å²) in [6.45, 7) is 0. The second-order valence-corrected chi connectivity index (χ2v) is 4.15. The van der Waals surface area contributed by atoms with E-state index < -0.39 is 4.92 Å². The van der Waals surface area contributed by atoms with E-state index in [1.54, 1.807) is 18.2 Å². The van der Waals surface area contributed by atoms with Crippen LogP contribution in [0, 0.1) is 10.1 Å². The van der Waals surface area contributed by atoms with Gasteiger partial charge in [0.2, 0.25) is 0 Å². The number of rotatable bonds is 3. The summed E-state index contributed by atoms with van der Waals surface area (Å²) in [5.41, 5.74) is 6.47. The highest BCUT2D eigenvalue weighted by atomic mass is 35.5. The van der Waals surface area contributed by atoms with Crippen LogP contribution in [0.2, 0.25) is 5.02 Å². The summed E-state index contributed by atoms with van der Waals surface area (Å²) in [5, 5.41) is 11.2. The Kier molecular flexibility index (Phi) is 3.52. The van der Waals surface area contributed by atoms with Gasteiger partial charge in [0, 0.05) is 11.6 Å². The van der Waals surface area contributed by atoms with Gasteiger partial charge < -0.3 is 10.5 Å². The van der Waals surface area contributed by atoms with E-state index >= 15 is 0 Å². The van der Waals surface area contributed by atoms with Crippen LogP contribution >= 0.6 is 11.6 Å². The molecule has 1 heterocycles. The van der Waals surface area contributed by atoms with Crippen LogP contribution in [0.25, 0.3) is 11.3 Å². The molecule has 0 amide bonds. The van der Waals surface area contributed by atoms with Crippen LogP contribution in [0.4, 0.5) is 11.5 Å². The lowest BCUT2D eigenvalue weighted by molar-refractivity contribution is -0.384. The largest absolute Gasteiger partial charge is 0.495 e. The van der Waals surface area contributed by atoms with Gasteiger partial charge in [0.25, 0.3) is 5.69 Å². The Morgan fingerprint density at radius 1 is 1.37 bits per heavy atom. The summed E-state index contributed by atoms with van der Waals surface area (Å²) in [6.07, 6.45) is 0. The van der Waals surface area contributed by atoms with Crippen LogP contribution in [0.1, 0.15) is 0 Å². The number of ether oxygens (including phenoxy) is 1. The number of anilines is 1. The molecule has 0 unspecified atom stereocenters. The van der Waals surface area contributed by atoms with Crippen LogP contribution in [0.3, 0.4) is 0 Å². The molecule has 0 radical (unpaired) electrons. The van der Waals surface area contributed by atoms with E-state index in [4.69, 9.17) is 22.1 Å². The van der Waals surface area contributed by atoms with Crippen LogP contribution in [0.5, 0.6) is 5.75 Å². The van der Waals surface area contributed by atoms with Crippen molar-refractivity contribution in [2.24, 2.45) is 0 Å². The van der Waals surface area contributed by atoms with Crippen molar-refractivity contribution in [1.29, 1.82) is 0 Å². The van der Waals surface area contributed by atoms with E-state index in [0.717, 1.165) is 0 Å². The highest BCUT2D eigenvalue weighted by molar-refractivity contribution is 6.32. The Morgan fingerprint density at radius 3 is 2.74 bits per heavy atom. The predicted octanol–water partition coefficient (Wildman–Crippen LogP) is 2.90. The summed E-state index contributed by atoms with van der Waals surface area (Å²) >= 11 is 5.92. The third kappa shape index (κ3) is 2.74. The summed E-state index contributed by atoms with van der Waals surface area (Å²) < 4.78 is 5.09. The number of aromatic nitrogens is 1. The number of nitrogen functional groups attached to an aromatic ring is 1. The molecule has 0 aliphatic heterocycles. The summed E-state index contributed by atoms with van der Waals surface area (Å²) in [4.78, 5) is 14.3. The van der Waals surface area contributed by atoms with Gasteiger partial charge in [-0.25, -0.2) is 4.98 Å². The van der Waals surface area contributed by atoms with Crippen molar-refractivity contribution in [2.75, 3.05) is 12.8 Å². The Balaban J connectivity index is 2.55. The zero-order valence-corrected chi connectivity index (χ0v) is 10.7. The fourth-order valence-corrected chi connectivity index (χ4v) is 1.80. The van der Waals surface area contributed by atoms with Gasteiger partial charge in [-0.1, -0.05) is 17.7 Å². The Labute approximate surface area is 113 Å². The molecule has 6 nitrogen and oxygen atoms in total. The minimum Gasteiger partial charge on any atom is -0.495 e. The smallest absolute Gasteiger partial charge is 0.275 e. The lowest BCUT2D eigenvalue weighted by Gasteiger charge is -2.06. The van der Waals surface area contributed by atoms with Gasteiger partial charge in [0.1, 0.15) is 11.6 Å². The van der Waals surface area contributed by atoms with Crippen molar-refractivity contribution in [3.05, 3.63) is 45.5 Å². The number of nitrogens with two attached hydrogens (primary N) is 1. The molecule has 0 saturated heterocycles. The number of methoxy groups -OCH3 is 1. The molecule has 0 spiro atoms. The molecule has 2 rings (SSSR count). The Bertz CT molecular complexity index is 646. The number of hydrogen-bond donors (Lipinski definition) is 1. The predicted molar refractivity (Wildman–Crippen MR) is 72.3 cm³/mol. The average Bonchev–Trinajstić information content (AvgIpc) is 2.38. The van der Waals surface area contributed by atoms with Crippen molar-refractivity contribution in [3.63, 3.8) is 0 Å². The number of hydrogen-bond acceptors (Lipinski definition) is 5. The standard InChI is InChI=1S/C12H10ClN3O3/c1-19-11-4-7(2-3-9(11)13)10-5-8(16(17)18)6-12(14)15-10/h2-6H,1H3,(H2,14,15). The van der Waals surface area contributed by atoms with E-state index in [1.165, 1.54) is 19.2 Å². The second-order valence-electron chi connectivity index (χ2n) is 3.74. The second kappa shape index (κ2) is 5.11. The highest BCUT2D eigenvalue weighted by Crippen LogP contribution is 2.31. The molecule has 2 aromatic rings. The molecule has 0 atom stereocenters. The van der Waals surface area contributed by atoms with Gasteiger partial charge in [0.05, 0.1) is 28.8 Å². The molecule has 19 heavy (non-hydrogen) atoms. The average molecular weight is 280 g/mol. The lowest BCUT2D eigenvalue weighted by atomic mass is 10.1. The number of halogens is 1. The van der Waals surface area contributed by atoms with Gasteiger partial charge in [-0.15, -0.1) is 0 Å². The first kappa shape index (κ1) is 13.1. The van der Waals surface area contributed by atoms with Gasteiger partial charge in [-0.3, -0.25) is 10.1 Å². The highest BCUT2D eigenvalue weighted by Gasteiger charge is 2.12. The van der Waals surface area contributed by atoms with Gasteiger partial charge in [0.15, 0.2) is 0 Å². The number of benzene rings is 1. The van der Waals surface area contributed by atoms with E-state index in [-0.39, 0.29) is 11.5 Å². The van der Waals surface area contributed by atoms with E-state index in [1.807, 2.05) is 0 Å². The summed E-state index contributed by atoms with van der Waals surface area (Å²) in [6, 6.07) is 7.52.